The van der Waals surface area contributed by atoms with E-state index in [9.17, 15) is 9.59 Å². The van der Waals surface area contributed by atoms with Crippen molar-refractivity contribution in [2.75, 3.05) is 11.9 Å². The van der Waals surface area contributed by atoms with E-state index in [1.54, 1.807) is 42.5 Å². The molecule has 0 aliphatic rings. The van der Waals surface area contributed by atoms with E-state index >= 15 is 0 Å². The predicted molar refractivity (Wildman–Crippen MR) is 108 cm³/mol. The molecule has 0 unspecified atom stereocenters. The number of ether oxygens (including phenoxy) is 1. The van der Waals surface area contributed by atoms with E-state index in [2.05, 4.69) is 15.8 Å². The smallest absolute Gasteiger partial charge is 0.240 e. The number of halogens is 2. The van der Waals surface area contributed by atoms with Gasteiger partial charge in [0.2, 0.25) is 11.8 Å². The van der Waals surface area contributed by atoms with Gasteiger partial charge in [-0.25, -0.2) is 5.43 Å². The predicted octanol–water partition coefficient (Wildman–Crippen LogP) is 4.26. The van der Waals surface area contributed by atoms with Crippen LogP contribution >= 0.6 is 23.2 Å². The van der Waals surface area contributed by atoms with E-state index in [1.807, 2.05) is 6.92 Å². The van der Waals surface area contributed by atoms with Crippen molar-refractivity contribution in [3.63, 3.8) is 0 Å². The highest BCUT2D eigenvalue weighted by Crippen LogP contribution is 2.22. The molecule has 2 aromatic carbocycles. The molecule has 6 nitrogen and oxygen atoms in total. The van der Waals surface area contributed by atoms with Gasteiger partial charge in [0.05, 0.1) is 22.9 Å². The molecular formula is C19H19Cl2N3O3. The minimum absolute atomic E-state index is 0.00352. The molecule has 0 bridgehead atoms. The number of hydrogen-bond acceptors (Lipinski definition) is 4. The molecule has 8 heteroatoms. The number of nitrogens with zero attached hydrogens (tertiary/aromatic N) is 1. The first-order valence-corrected chi connectivity index (χ1v) is 9.04. The van der Waals surface area contributed by atoms with Gasteiger partial charge < -0.3 is 10.1 Å². The van der Waals surface area contributed by atoms with Gasteiger partial charge in [0.15, 0.2) is 0 Å². The summed E-state index contributed by atoms with van der Waals surface area (Å²) in [7, 11) is 0. The molecule has 0 atom stereocenters. The van der Waals surface area contributed by atoms with Gasteiger partial charge in [-0.2, -0.15) is 5.10 Å². The lowest BCUT2D eigenvalue weighted by Crippen LogP contribution is -2.20. The minimum Gasteiger partial charge on any atom is -0.494 e. The van der Waals surface area contributed by atoms with Crippen molar-refractivity contribution in [3.8, 4) is 5.75 Å². The molecule has 0 fully saturated rings. The van der Waals surface area contributed by atoms with Crippen molar-refractivity contribution in [1.29, 1.82) is 0 Å². The average molecular weight is 408 g/mol. The normalized spacial score (nSPS) is 10.6. The first-order valence-electron chi connectivity index (χ1n) is 8.28. The molecule has 0 heterocycles. The molecule has 27 heavy (non-hydrogen) atoms. The van der Waals surface area contributed by atoms with Crippen LogP contribution in [0.25, 0.3) is 0 Å². The van der Waals surface area contributed by atoms with E-state index in [-0.39, 0.29) is 18.7 Å². The van der Waals surface area contributed by atoms with Gasteiger partial charge in [-0.05, 0) is 43.3 Å². The zero-order valence-corrected chi connectivity index (χ0v) is 16.2. The van der Waals surface area contributed by atoms with Crippen LogP contribution in [-0.4, -0.2) is 24.6 Å². The highest BCUT2D eigenvalue weighted by molar-refractivity contribution is 6.38. The van der Waals surface area contributed by atoms with Crippen LogP contribution in [0.3, 0.4) is 0 Å². The Morgan fingerprint density at radius 1 is 1.04 bits per heavy atom. The van der Waals surface area contributed by atoms with E-state index in [4.69, 9.17) is 27.9 Å². The number of carbonyl (C=O) groups is 2. The Bertz CT molecular complexity index is 803. The lowest BCUT2D eigenvalue weighted by atomic mass is 10.2. The average Bonchev–Trinajstić information content (AvgIpc) is 2.64. The van der Waals surface area contributed by atoms with Crippen LogP contribution in [0.2, 0.25) is 10.0 Å². The van der Waals surface area contributed by atoms with E-state index < -0.39 is 5.91 Å². The Labute approximate surface area is 167 Å². The number of rotatable bonds is 8. The third-order valence-corrected chi connectivity index (χ3v) is 4.07. The summed E-state index contributed by atoms with van der Waals surface area (Å²) in [4.78, 5) is 23.7. The Morgan fingerprint density at radius 3 is 2.30 bits per heavy atom. The summed E-state index contributed by atoms with van der Waals surface area (Å²) < 4.78 is 5.33. The van der Waals surface area contributed by atoms with E-state index in [1.165, 1.54) is 6.21 Å². The maximum absolute atomic E-state index is 11.9. The first kappa shape index (κ1) is 20.7. The molecule has 2 aromatic rings. The van der Waals surface area contributed by atoms with Gasteiger partial charge >= 0.3 is 0 Å². The summed E-state index contributed by atoms with van der Waals surface area (Å²) in [6.45, 7) is 2.47. The van der Waals surface area contributed by atoms with Crippen LogP contribution in [0.15, 0.2) is 47.6 Å². The van der Waals surface area contributed by atoms with Crippen molar-refractivity contribution < 1.29 is 14.3 Å². The number of carbonyl (C=O) groups excluding carboxylic acids is 2. The zero-order chi connectivity index (χ0) is 19.6. The monoisotopic (exact) mass is 407 g/mol. The number of benzene rings is 2. The highest BCUT2D eigenvalue weighted by atomic mass is 35.5. The van der Waals surface area contributed by atoms with Gasteiger partial charge in [0.1, 0.15) is 5.75 Å². The summed E-state index contributed by atoms with van der Waals surface area (Å²) in [6, 6.07) is 12.1. The molecule has 0 saturated heterocycles. The van der Waals surface area contributed by atoms with E-state index in [0.29, 0.717) is 27.9 Å². The highest BCUT2D eigenvalue weighted by Gasteiger charge is 2.07. The molecule has 0 aliphatic heterocycles. The fraction of sp³-hybridized carbons (Fsp3) is 0.211. The van der Waals surface area contributed by atoms with Crippen LogP contribution in [-0.2, 0) is 9.59 Å². The van der Waals surface area contributed by atoms with Gasteiger partial charge in [-0.1, -0.05) is 29.3 Å². The fourth-order valence-electron chi connectivity index (χ4n) is 2.11. The second-order valence-corrected chi connectivity index (χ2v) is 6.25. The molecular weight excluding hydrogens is 389 g/mol. The van der Waals surface area contributed by atoms with Crippen LogP contribution in [0.4, 0.5) is 5.69 Å². The minimum atomic E-state index is -0.392. The summed E-state index contributed by atoms with van der Waals surface area (Å²) in [5.74, 6) is 0.0649. The summed E-state index contributed by atoms with van der Waals surface area (Å²) in [5, 5.41) is 7.38. The number of anilines is 1. The second kappa shape index (κ2) is 10.5. The summed E-state index contributed by atoms with van der Waals surface area (Å²) in [5.41, 5.74) is 3.49. The van der Waals surface area contributed by atoms with Gasteiger partial charge in [-0.15, -0.1) is 0 Å². The van der Waals surface area contributed by atoms with E-state index in [0.717, 1.165) is 5.75 Å². The Morgan fingerprint density at radius 2 is 1.67 bits per heavy atom. The third-order valence-electron chi connectivity index (χ3n) is 3.41. The Balaban J connectivity index is 1.76. The molecule has 2 rings (SSSR count). The molecule has 2 amide bonds. The molecule has 0 saturated carbocycles. The van der Waals surface area contributed by atoms with Gasteiger partial charge in [0, 0.05) is 24.1 Å². The largest absolute Gasteiger partial charge is 0.494 e. The van der Waals surface area contributed by atoms with Crippen LogP contribution in [0, 0.1) is 0 Å². The standard InChI is InChI=1S/C19H19Cl2N3O3/c1-2-27-14-8-6-13(7-9-14)23-18(25)10-11-19(26)24-22-12-15-16(20)4-3-5-17(15)21/h3-9,12H,2,10-11H2,1H3,(H,23,25)(H,24,26)/b22-12+. The lowest BCUT2D eigenvalue weighted by molar-refractivity contribution is -0.124. The van der Waals surface area contributed by atoms with Crippen molar-refractivity contribution in [2.24, 2.45) is 5.10 Å². The summed E-state index contributed by atoms with van der Waals surface area (Å²) in [6.07, 6.45) is 1.39. The summed E-state index contributed by atoms with van der Waals surface area (Å²) >= 11 is 12.0. The fourth-order valence-corrected chi connectivity index (χ4v) is 2.61. The maximum atomic E-state index is 11.9. The molecule has 142 valence electrons. The third kappa shape index (κ3) is 6.92. The number of amides is 2. The lowest BCUT2D eigenvalue weighted by Gasteiger charge is -2.07. The molecule has 0 radical (unpaired) electrons. The topological polar surface area (TPSA) is 79.8 Å². The van der Waals surface area contributed by atoms with Crippen molar-refractivity contribution in [2.45, 2.75) is 19.8 Å². The number of hydrazone groups is 1. The maximum Gasteiger partial charge on any atom is 0.240 e. The quantitative estimate of drug-likeness (QED) is 0.506. The second-order valence-electron chi connectivity index (χ2n) is 5.43. The molecule has 0 aromatic heterocycles. The zero-order valence-electron chi connectivity index (χ0n) is 14.7. The van der Waals surface area contributed by atoms with Gasteiger partial charge in [-0.3, -0.25) is 9.59 Å². The molecule has 0 aliphatic carbocycles. The van der Waals surface area contributed by atoms with Gasteiger partial charge in [0.25, 0.3) is 0 Å². The van der Waals surface area contributed by atoms with Crippen LogP contribution < -0.4 is 15.5 Å². The Hall–Kier alpha value is -2.57. The van der Waals surface area contributed by atoms with Crippen molar-refractivity contribution in [3.05, 3.63) is 58.1 Å². The molecule has 0 spiro atoms. The molecule has 2 N–H and O–H groups in total. The van der Waals surface area contributed by atoms with Crippen LogP contribution in [0.5, 0.6) is 5.75 Å². The van der Waals surface area contributed by atoms with Crippen LogP contribution in [0.1, 0.15) is 25.3 Å². The number of nitrogens with one attached hydrogen (secondary N) is 2. The van der Waals surface area contributed by atoms with Crippen molar-refractivity contribution >= 4 is 46.9 Å². The first-order chi connectivity index (χ1) is 13.0. The number of hydrogen-bond donors (Lipinski definition) is 2. The van der Waals surface area contributed by atoms with Crippen molar-refractivity contribution in [1.82, 2.24) is 5.43 Å². The SMILES string of the molecule is CCOc1ccc(NC(=O)CCC(=O)N/N=C/c2c(Cl)cccc2Cl)cc1. The Kier molecular flexibility index (Phi) is 8.10.